The molecule has 0 saturated carbocycles. The molecule has 3 rings (SSSR count). The van der Waals surface area contributed by atoms with Crippen molar-refractivity contribution in [1.82, 2.24) is 4.57 Å². The van der Waals surface area contributed by atoms with Crippen molar-refractivity contribution in [3.63, 3.8) is 0 Å². The topological polar surface area (TPSA) is 22.0 Å². The van der Waals surface area contributed by atoms with E-state index in [2.05, 4.69) is 0 Å². The molecule has 0 atom stereocenters. The third-order valence-corrected chi connectivity index (χ3v) is 3.27. The Labute approximate surface area is 109 Å². The molecule has 0 N–H and O–H groups in total. The predicted molar refractivity (Wildman–Crippen MR) is 74.6 cm³/mol. The average Bonchev–Trinajstić information content (AvgIpc) is 2.44. The summed E-state index contributed by atoms with van der Waals surface area (Å²) in [7, 11) is 1.70. The Morgan fingerprint density at radius 2 is 1.74 bits per heavy atom. The lowest BCUT2D eigenvalue weighted by atomic mass is 10.1. The summed E-state index contributed by atoms with van der Waals surface area (Å²) in [5.74, 6) is -0.392. The maximum Gasteiger partial charge on any atom is 0.258 e. The van der Waals surface area contributed by atoms with E-state index in [0.29, 0.717) is 5.39 Å². The highest BCUT2D eigenvalue weighted by Crippen LogP contribution is 2.21. The van der Waals surface area contributed by atoms with Gasteiger partial charge in [0.05, 0.1) is 11.1 Å². The maximum absolute atomic E-state index is 13.2. The Morgan fingerprint density at radius 3 is 2.47 bits per heavy atom. The first-order chi connectivity index (χ1) is 9.16. The summed E-state index contributed by atoms with van der Waals surface area (Å²) in [6, 6.07) is 15.9. The molecule has 19 heavy (non-hydrogen) atoms. The van der Waals surface area contributed by atoms with Gasteiger partial charge in [0.2, 0.25) is 0 Å². The largest absolute Gasteiger partial charge is 0.311 e. The SMILES string of the molecule is Cn1c(-c2ccccc2)cc2ccc(F)cc2c1=O. The van der Waals surface area contributed by atoms with Gasteiger partial charge in [0.15, 0.2) is 0 Å². The van der Waals surface area contributed by atoms with Crippen LogP contribution in [0.2, 0.25) is 0 Å². The molecule has 0 aliphatic heterocycles. The first-order valence-electron chi connectivity index (χ1n) is 6.01. The molecule has 2 nitrogen and oxygen atoms in total. The van der Waals surface area contributed by atoms with Gasteiger partial charge in [0, 0.05) is 7.05 Å². The lowest BCUT2D eigenvalue weighted by Crippen LogP contribution is -2.18. The molecule has 1 heterocycles. The molecule has 2 aromatic carbocycles. The average molecular weight is 253 g/mol. The molecule has 3 aromatic rings. The molecule has 0 unspecified atom stereocenters. The summed E-state index contributed by atoms with van der Waals surface area (Å²) in [5.41, 5.74) is 1.61. The Balaban J connectivity index is 2.37. The summed E-state index contributed by atoms with van der Waals surface area (Å²) in [6.45, 7) is 0. The number of rotatable bonds is 1. The number of benzene rings is 2. The van der Waals surface area contributed by atoms with Crippen molar-refractivity contribution >= 4 is 10.8 Å². The van der Waals surface area contributed by atoms with Gasteiger partial charge in [-0.15, -0.1) is 0 Å². The van der Waals surface area contributed by atoms with Gasteiger partial charge in [-0.1, -0.05) is 36.4 Å². The number of hydrogen-bond acceptors (Lipinski definition) is 1. The Hall–Kier alpha value is -2.42. The molecule has 0 aliphatic rings. The summed E-state index contributed by atoms with van der Waals surface area (Å²) in [5, 5.41) is 1.16. The Morgan fingerprint density at radius 1 is 1.00 bits per heavy atom. The van der Waals surface area contributed by atoms with E-state index in [0.717, 1.165) is 16.6 Å². The molecule has 0 bridgehead atoms. The monoisotopic (exact) mass is 253 g/mol. The molecule has 1 aromatic heterocycles. The molecule has 0 fully saturated rings. The van der Waals surface area contributed by atoms with Crippen LogP contribution in [0, 0.1) is 5.82 Å². The van der Waals surface area contributed by atoms with Gasteiger partial charge in [-0.05, 0) is 29.1 Å². The van der Waals surface area contributed by atoms with Gasteiger partial charge < -0.3 is 4.57 Å². The summed E-state index contributed by atoms with van der Waals surface area (Å²) < 4.78 is 14.8. The van der Waals surface area contributed by atoms with Crippen LogP contribution < -0.4 is 5.56 Å². The van der Waals surface area contributed by atoms with Crippen molar-refractivity contribution in [2.75, 3.05) is 0 Å². The summed E-state index contributed by atoms with van der Waals surface area (Å²) >= 11 is 0. The fourth-order valence-corrected chi connectivity index (χ4v) is 2.26. The zero-order valence-electron chi connectivity index (χ0n) is 10.4. The van der Waals surface area contributed by atoms with Gasteiger partial charge in [-0.25, -0.2) is 4.39 Å². The Kier molecular flexibility index (Phi) is 2.67. The van der Waals surface area contributed by atoms with Gasteiger partial charge in [0.1, 0.15) is 5.82 Å². The van der Waals surface area contributed by atoms with Crippen molar-refractivity contribution in [2.45, 2.75) is 0 Å². The zero-order chi connectivity index (χ0) is 13.4. The second-order valence-electron chi connectivity index (χ2n) is 4.49. The first-order valence-corrected chi connectivity index (χ1v) is 6.01. The number of pyridine rings is 1. The minimum atomic E-state index is -0.392. The van der Waals surface area contributed by atoms with Gasteiger partial charge in [-0.2, -0.15) is 0 Å². The van der Waals surface area contributed by atoms with Gasteiger partial charge in [0.25, 0.3) is 5.56 Å². The fourth-order valence-electron chi connectivity index (χ4n) is 2.26. The van der Waals surface area contributed by atoms with Gasteiger partial charge >= 0.3 is 0 Å². The molecule has 0 aliphatic carbocycles. The lowest BCUT2D eigenvalue weighted by molar-refractivity contribution is 0.629. The second kappa shape index (κ2) is 4.35. The second-order valence-corrected chi connectivity index (χ2v) is 4.49. The molecule has 3 heteroatoms. The highest BCUT2D eigenvalue weighted by molar-refractivity contribution is 5.85. The normalized spacial score (nSPS) is 10.8. The number of fused-ring (bicyclic) bond motifs is 1. The maximum atomic E-state index is 13.2. The van der Waals surface area contributed by atoms with E-state index in [1.165, 1.54) is 12.1 Å². The number of halogens is 1. The quantitative estimate of drug-likeness (QED) is 0.652. The highest BCUT2D eigenvalue weighted by atomic mass is 19.1. The first kappa shape index (κ1) is 11.7. The van der Waals surface area contributed by atoms with Crippen LogP contribution in [0.5, 0.6) is 0 Å². The molecule has 0 radical (unpaired) electrons. The smallest absolute Gasteiger partial charge is 0.258 e. The number of nitrogens with zero attached hydrogens (tertiary/aromatic N) is 1. The van der Waals surface area contributed by atoms with E-state index in [4.69, 9.17) is 0 Å². The number of aromatic nitrogens is 1. The zero-order valence-corrected chi connectivity index (χ0v) is 10.4. The van der Waals surface area contributed by atoms with E-state index in [-0.39, 0.29) is 5.56 Å². The van der Waals surface area contributed by atoms with E-state index in [1.807, 2.05) is 36.4 Å². The molecular formula is C16H12FNO. The molecule has 0 spiro atoms. The van der Waals surface area contributed by atoms with Crippen LogP contribution in [0.4, 0.5) is 4.39 Å². The molecule has 94 valence electrons. The van der Waals surface area contributed by atoms with Gasteiger partial charge in [-0.3, -0.25) is 4.79 Å². The summed E-state index contributed by atoms with van der Waals surface area (Å²) in [6.07, 6.45) is 0. The minimum absolute atomic E-state index is 0.184. The van der Waals surface area contributed by atoms with E-state index < -0.39 is 5.82 Å². The van der Waals surface area contributed by atoms with E-state index in [9.17, 15) is 9.18 Å². The fraction of sp³-hybridized carbons (Fsp3) is 0.0625. The van der Waals surface area contributed by atoms with E-state index >= 15 is 0 Å². The van der Waals surface area contributed by atoms with E-state index in [1.54, 1.807) is 17.7 Å². The standard InChI is InChI=1S/C16H12FNO/c1-18-15(11-5-3-2-4-6-11)9-12-7-8-13(17)10-14(12)16(18)19/h2-10H,1H3. The van der Waals surface area contributed by atoms with Crippen molar-refractivity contribution in [3.8, 4) is 11.3 Å². The van der Waals surface area contributed by atoms with Crippen LogP contribution >= 0.6 is 0 Å². The van der Waals surface area contributed by atoms with Crippen molar-refractivity contribution in [1.29, 1.82) is 0 Å². The van der Waals surface area contributed by atoms with Crippen molar-refractivity contribution in [3.05, 3.63) is 70.8 Å². The van der Waals surface area contributed by atoms with Crippen LogP contribution in [-0.2, 0) is 7.05 Å². The van der Waals surface area contributed by atoms with Crippen molar-refractivity contribution < 1.29 is 4.39 Å². The van der Waals surface area contributed by atoms with Crippen LogP contribution in [0.15, 0.2) is 59.4 Å². The van der Waals surface area contributed by atoms with Crippen LogP contribution in [-0.4, -0.2) is 4.57 Å². The Bertz CT molecular complexity index is 806. The predicted octanol–water partition coefficient (Wildman–Crippen LogP) is 3.34. The number of hydrogen-bond donors (Lipinski definition) is 0. The lowest BCUT2D eigenvalue weighted by Gasteiger charge is -2.10. The highest BCUT2D eigenvalue weighted by Gasteiger charge is 2.08. The third kappa shape index (κ3) is 1.93. The van der Waals surface area contributed by atoms with Crippen LogP contribution in [0.1, 0.15) is 0 Å². The van der Waals surface area contributed by atoms with Crippen molar-refractivity contribution in [2.24, 2.45) is 7.05 Å². The summed E-state index contributed by atoms with van der Waals surface area (Å²) in [4.78, 5) is 12.3. The third-order valence-electron chi connectivity index (χ3n) is 3.27. The molecule has 0 saturated heterocycles. The molecular weight excluding hydrogens is 241 g/mol. The van der Waals surface area contributed by atoms with Crippen LogP contribution in [0.3, 0.4) is 0 Å². The van der Waals surface area contributed by atoms with Crippen LogP contribution in [0.25, 0.3) is 22.0 Å². The molecule has 0 amide bonds. The minimum Gasteiger partial charge on any atom is -0.311 e.